The Bertz CT molecular complexity index is 1370. The fraction of sp³-hybridized carbons (Fsp3) is 0.185. The number of hydrogen-bond acceptors (Lipinski definition) is 5. The Morgan fingerprint density at radius 1 is 0.939 bits per heavy atom. The van der Waals surface area contributed by atoms with Crippen LogP contribution in [0.2, 0.25) is 0 Å². The molecule has 3 aromatic carbocycles. The molecule has 0 fully saturated rings. The lowest BCUT2D eigenvalue weighted by molar-refractivity contribution is -0.118. The molecule has 4 aromatic rings. The summed E-state index contributed by atoms with van der Waals surface area (Å²) in [5, 5.41) is 3.20. The average molecular weight is 443 g/mol. The number of anilines is 1. The van der Waals surface area contributed by atoms with Crippen LogP contribution in [0.15, 0.2) is 69.9 Å². The predicted octanol–water partition coefficient (Wildman–Crippen LogP) is 5.41. The molecule has 1 N–H and O–H groups in total. The van der Waals surface area contributed by atoms with Crippen LogP contribution in [0.4, 0.5) is 5.69 Å². The first-order chi connectivity index (χ1) is 15.9. The standard InChI is InChI=1S/C27H25NO5/c1-16-5-7-19(8-6-16)26-27(25(30)24-18(3)13-17(2)14-22(24)33-26)32-15-23(29)28-20-9-11-21(31-4)12-10-20/h5-14H,15H2,1-4H3,(H,28,29). The summed E-state index contributed by atoms with van der Waals surface area (Å²) in [5.41, 5.74) is 4.34. The van der Waals surface area contributed by atoms with Gasteiger partial charge in [-0.25, -0.2) is 0 Å². The molecular weight excluding hydrogens is 418 g/mol. The van der Waals surface area contributed by atoms with Crippen molar-refractivity contribution in [2.24, 2.45) is 0 Å². The normalized spacial score (nSPS) is 10.8. The lowest BCUT2D eigenvalue weighted by atomic mass is 10.0. The van der Waals surface area contributed by atoms with E-state index in [1.165, 1.54) is 0 Å². The molecule has 168 valence electrons. The van der Waals surface area contributed by atoms with Gasteiger partial charge < -0.3 is 19.2 Å². The Labute approximate surface area is 191 Å². The van der Waals surface area contributed by atoms with Crippen molar-refractivity contribution < 1.29 is 18.7 Å². The summed E-state index contributed by atoms with van der Waals surface area (Å²) >= 11 is 0. The summed E-state index contributed by atoms with van der Waals surface area (Å²) in [7, 11) is 1.57. The van der Waals surface area contributed by atoms with Gasteiger partial charge in [0, 0.05) is 11.3 Å². The van der Waals surface area contributed by atoms with Gasteiger partial charge in [-0.2, -0.15) is 0 Å². The summed E-state index contributed by atoms with van der Waals surface area (Å²) < 4.78 is 17.1. The molecule has 1 aromatic heterocycles. The minimum Gasteiger partial charge on any atom is -0.497 e. The number of nitrogens with one attached hydrogen (secondary N) is 1. The van der Waals surface area contributed by atoms with Crippen molar-refractivity contribution in [3.63, 3.8) is 0 Å². The second-order valence-electron chi connectivity index (χ2n) is 7.98. The van der Waals surface area contributed by atoms with E-state index >= 15 is 0 Å². The molecule has 0 aliphatic heterocycles. The number of amides is 1. The maximum absolute atomic E-state index is 13.4. The SMILES string of the molecule is COc1ccc(NC(=O)COc2c(-c3ccc(C)cc3)oc3cc(C)cc(C)c3c2=O)cc1. The molecule has 0 saturated carbocycles. The van der Waals surface area contributed by atoms with Crippen molar-refractivity contribution in [3.05, 3.63) is 87.6 Å². The summed E-state index contributed by atoms with van der Waals surface area (Å²) in [4.78, 5) is 26.0. The lowest BCUT2D eigenvalue weighted by Crippen LogP contribution is -2.22. The lowest BCUT2D eigenvalue weighted by Gasteiger charge is -2.13. The Morgan fingerprint density at radius 2 is 1.64 bits per heavy atom. The molecule has 0 atom stereocenters. The van der Waals surface area contributed by atoms with E-state index < -0.39 is 5.91 Å². The molecule has 0 saturated heterocycles. The number of ether oxygens (including phenoxy) is 2. The van der Waals surface area contributed by atoms with Crippen molar-refractivity contribution in [1.82, 2.24) is 0 Å². The first-order valence-corrected chi connectivity index (χ1v) is 10.6. The number of benzene rings is 3. The average Bonchev–Trinajstić information content (AvgIpc) is 2.79. The van der Waals surface area contributed by atoms with E-state index in [-0.39, 0.29) is 17.8 Å². The van der Waals surface area contributed by atoms with Gasteiger partial charge in [0.05, 0.1) is 12.5 Å². The topological polar surface area (TPSA) is 77.8 Å². The van der Waals surface area contributed by atoms with E-state index in [0.29, 0.717) is 33.7 Å². The van der Waals surface area contributed by atoms with Crippen molar-refractivity contribution in [2.75, 3.05) is 19.0 Å². The van der Waals surface area contributed by atoms with Gasteiger partial charge in [-0.15, -0.1) is 0 Å². The minimum absolute atomic E-state index is 0.0168. The molecule has 0 spiro atoms. The summed E-state index contributed by atoms with van der Waals surface area (Å²) in [6.07, 6.45) is 0. The fourth-order valence-corrected chi connectivity index (χ4v) is 3.71. The minimum atomic E-state index is -0.393. The van der Waals surface area contributed by atoms with Crippen LogP contribution in [0, 0.1) is 20.8 Å². The van der Waals surface area contributed by atoms with Crippen LogP contribution in [0.1, 0.15) is 16.7 Å². The molecule has 0 aliphatic rings. The molecule has 0 bridgehead atoms. The quantitative estimate of drug-likeness (QED) is 0.431. The second-order valence-corrected chi connectivity index (χ2v) is 7.98. The van der Waals surface area contributed by atoms with Gasteiger partial charge in [-0.1, -0.05) is 35.9 Å². The number of fused-ring (bicyclic) bond motifs is 1. The van der Waals surface area contributed by atoms with Crippen molar-refractivity contribution in [1.29, 1.82) is 0 Å². The second kappa shape index (κ2) is 9.20. The fourth-order valence-electron chi connectivity index (χ4n) is 3.71. The predicted molar refractivity (Wildman–Crippen MR) is 129 cm³/mol. The number of hydrogen-bond donors (Lipinski definition) is 1. The summed E-state index contributed by atoms with van der Waals surface area (Å²) in [6.45, 7) is 5.45. The molecule has 0 unspecified atom stereocenters. The van der Waals surface area contributed by atoms with Crippen LogP contribution in [0.5, 0.6) is 11.5 Å². The van der Waals surface area contributed by atoms with E-state index in [2.05, 4.69) is 5.32 Å². The van der Waals surface area contributed by atoms with E-state index in [9.17, 15) is 9.59 Å². The van der Waals surface area contributed by atoms with Crippen molar-refractivity contribution in [3.8, 4) is 22.8 Å². The number of methoxy groups -OCH3 is 1. The number of rotatable bonds is 6. The number of carbonyl (C=O) groups is 1. The van der Waals surface area contributed by atoms with Gasteiger partial charge in [-0.3, -0.25) is 9.59 Å². The highest BCUT2D eigenvalue weighted by Crippen LogP contribution is 2.32. The maximum Gasteiger partial charge on any atom is 0.262 e. The van der Waals surface area contributed by atoms with Crippen LogP contribution in [-0.2, 0) is 4.79 Å². The van der Waals surface area contributed by atoms with Crippen molar-refractivity contribution >= 4 is 22.6 Å². The Balaban J connectivity index is 1.69. The van der Waals surface area contributed by atoms with E-state index in [4.69, 9.17) is 13.9 Å². The third-order valence-electron chi connectivity index (χ3n) is 5.33. The Hall–Kier alpha value is -4.06. The molecule has 1 heterocycles. The van der Waals surface area contributed by atoms with Gasteiger partial charge in [0.15, 0.2) is 12.4 Å². The zero-order chi connectivity index (χ0) is 23.5. The molecule has 6 heteroatoms. The first kappa shape index (κ1) is 22.1. The van der Waals surface area contributed by atoms with Crippen LogP contribution >= 0.6 is 0 Å². The van der Waals surface area contributed by atoms with Crippen molar-refractivity contribution in [2.45, 2.75) is 20.8 Å². The largest absolute Gasteiger partial charge is 0.497 e. The first-order valence-electron chi connectivity index (χ1n) is 10.6. The smallest absolute Gasteiger partial charge is 0.262 e. The van der Waals surface area contributed by atoms with E-state index in [1.807, 2.05) is 57.2 Å². The zero-order valence-electron chi connectivity index (χ0n) is 19.0. The third-order valence-corrected chi connectivity index (χ3v) is 5.33. The van der Waals surface area contributed by atoms with Gasteiger partial charge >= 0.3 is 0 Å². The summed E-state index contributed by atoms with van der Waals surface area (Å²) in [5.74, 6) is 0.611. The number of carbonyl (C=O) groups excluding carboxylic acids is 1. The third kappa shape index (κ3) is 4.75. The highest BCUT2D eigenvalue weighted by Gasteiger charge is 2.20. The van der Waals surface area contributed by atoms with Crippen LogP contribution in [0.3, 0.4) is 0 Å². The van der Waals surface area contributed by atoms with Gasteiger partial charge in [0.25, 0.3) is 5.91 Å². The van der Waals surface area contributed by atoms with E-state index in [1.54, 1.807) is 31.4 Å². The van der Waals surface area contributed by atoms with Crippen LogP contribution < -0.4 is 20.2 Å². The molecule has 33 heavy (non-hydrogen) atoms. The van der Waals surface area contributed by atoms with Gasteiger partial charge in [0.1, 0.15) is 11.3 Å². The number of aryl methyl sites for hydroxylation is 3. The molecule has 1 amide bonds. The zero-order valence-corrected chi connectivity index (χ0v) is 19.0. The molecule has 6 nitrogen and oxygen atoms in total. The van der Waals surface area contributed by atoms with E-state index in [0.717, 1.165) is 16.7 Å². The van der Waals surface area contributed by atoms with Crippen LogP contribution in [-0.4, -0.2) is 19.6 Å². The molecule has 0 radical (unpaired) electrons. The monoisotopic (exact) mass is 443 g/mol. The Kier molecular flexibility index (Phi) is 6.18. The Morgan fingerprint density at radius 3 is 2.30 bits per heavy atom. The summed E-state index contributed by atoms with van der Waals surface area (Å²) in [6, 6.07) is 18.3. The highest BCUT2D eigenvalue weighted by molar-refractivity contribution is 5.92. The molecule has 4 rings (SSSR count). The van der Waals surface area contributed by atoms with Crippen LogP contribution in [0.25, 0.3) is 22.3 Å². The highest BCUT2D eigenvalue weighted by atomic mass is 16.5. The van der Waals surface area contributed by atoms with Gasteiger partial charge in [0.2, 0.25) is 11.2 Å². The molecular formula is C27H25NO5. The maximum atomic E-state index is 13.4. The van der Waals surface area contributed by atoms with Gasteiger partial charge in [-0.05, 0) is 62.2 Å². The molecule has 0 aliphatic carbocycles.